The molecule has 0 saturated carbocycles. The van der Waals surface area contributed by atoms with Gasteiger partial charge in [0.25, 0.3) is 0 Å². The number of hydrogen-bond donors (Lipinski definition) is 0. The summed E-state index contributed by atoms with van der Waals surface area (Å²) in [5.74, 6) is 1.43. The van der Waals surface area contributed by atoms with Gasteiger partial charge in [0.2, 0.25) is 5.91 Å². The van der Waals surface area contributed by atoms with Crippen molar-refractivity contribution in [2.45, 2.75) is 25.0 Å². The van der Waals surface area contributed by atoms with Crippen LogP contribution in [0.4, 0.5) is 5.69 Å². The van der Waals surface area contributed by atoms with E-state index in [0.717, 1.165) is 11.4 Å². The second-order valence-electron chi connectivity index (χ2n) is 6.33. The molecule has 1 aromatic heterocycles. The van der Waals surface area contributed by atoms with E-state index in [-0.39, 0.29) is 18.1 Å². The van der Waals surface area contributed by atoms with Crippen LogP contribution in [-0.2, 0) is 11.3 Å². The number of rotatable bonds is 9. The van der Waals surface area contributed by atoms with E-state index in [4.69, 9.17) is 10.00 Å². The molecular formula is C22H23N5O2S. The third-order valence-electron chi connectivity index (χ3n) is 4.51. The van der Waals surface area contributed by atoms with Crippen LogP contribution < -0.4 is 9.64 Å². The lowest BCUT2D eigenvalue weighted by Gasteiger charge is -2.23. The largest absolute Gasteiger partial charge is 0.495 e. The Morgan fingerprint density at radius 2 is 1.90 bits per heavy atom. The van der Waals surface area contributed by atoms with Gasteiger partial charge in [-0.15, -0.1) is 10.2 Å². The van der Waals surface area contributed by atoms with E-state index < -0.39 is 0 Å². The van der Waals surface area contributed by atoms with Crippen LogP contribution in [0.15, 0.2) is 59.8 Å². The molecule has 0 radical (unpaired) electrons. The number of ether oxygens (including phenoxy) is 1. The van der Waals surface area contributed by atoms with Gasteiger partial charge in [-0.3, -0.25) is 4.79 Å². The Hall–Kier alpha value is -3.31. The van der Waals surface area contributed by atoms with E-state index in [1.807, 2.05) is 60.0 Å². The maximum absolute atomic E-state index is 13.1. The van der Waals surface area contributed by atoms with Crippen molar-refractivity contribution in [3.63, 3.8) is 0 Å². The van der Waals surface area contributed by atoms with Gasteiger partial charge in [-0.2, -0.15) is 5.26 Å². The summed E-state index contributed by atoms with van der Waals surface area (Å²) in [5.41, 5.74) is 1.64. The number of hydrogen-bond acceptors (Lipinski definition) is 6. The van der Waals surface area contributed by atoms with Crippen LogP contribution in [0, 0.1) is 11.3 Å². The summed E-state index contributed by atoms with van der Waals surface area (Å²) in [7, 11) is 1.56. The van der Waals surface area contributed by atoms with Crippen LogP contribution in [0.3, 0.4) is 0 Å². The molecule has 1 heterocycles. The van der Waals surface area contributed by atoms with Gasteiger partial charge < -0.3 is 14.2 Å². The lowest BCUT2D eigenvalue weighted by molar-refractivity contribution is -0.116. The summed E-state index contributed by atoms with van der Waals surface area (Å²) in [6, 6.07) is 19.3. The normalized spacial score (nSPS) is 10.4. The third kappa shape index (κ3) is 4.81. The van der Waals surface area contributed by atoms with Crippen LogP contribution in [-0.4, -0.2) is 40.1 Å². The monoisotopic (exact) mass is 421 g/mol. The number of anilines is 1. The van der Waals surface area contributed by atoms with Crippen LogP contribution in [0.1, 0.15) is 13.3 Å². The number of carbonyl (C=O) groups is 1. The number of nitriles is 1. The molecule has 30 heavy (non-hydrogen) atoms. The van der Waals surface area contributed by atoms with Gasteiger partial charge >= 0.3 is 0 Å². The van der Waals surface area contributed by atoms with Crippen molar-refractivity contribution in [1.29, 1.82) is 5.26 Å². The highest BCUT2D eigenvalue weighted by Crippen LogP contribution is 2.29. The lowest BCUT2D eigenvalue weighted by Crippen LogP contribution is -2.33. The van der Waals surface area contributed by atoms with E-state index >= 15 is 0 Å². The van der Waals surface area contributed by atoms with Crippen molar-refractivity contribution in [3.8, 4) is 23.2 Å². The molecule has 0 atom stereocenters. The average molecular weight is 422 g/mol. The molecule has 0 N–H and O–H groups in total. The first-order valence-electron chi connectivity index (χ1n) is 9.61. The fourth-order valence-corrected chi connectivity index (χ4v) is 3.96. The number of amides is 1. The van der Waals surface area contributed by atoms with E-state index in [1.54, 1.807) is 18.1 Å². The van der Waals surface area contributed by atoms with Gasteiger partial charge in [0.05, 0.1) is 31.0 Å². The van der Waals surface area contributed by atoms with Gasteiger partial charge in [-0.05, 0) is 19.1 Å². The number of thioether (sulfide) groups is 1. The first kappa shape index (κ1) is 21.4. The summed E-state index contributed by atoms with van der Waals surface area (Å²) in [6.45, 7) is 3.01. The van der Waals surface area contributed by atoms with E-state index in [2.05, 4.69) is 16.3 Å². The fraction of sp³-hybridized carbons (Fsp3) is 0.273. The van der Waals surface area contributed by atoms with Crippen molar-refractivity contribution < 1.29 is 9.53 Å². The number of aromatic nitrogens is 3. The molecule has 0 aliphatic carbocycles. The molecule has 0 saturated heterocycles. The summed E-state index contributed by atoms with van der Waals surface area (Å²) in [4.78, 5) is 14.6. The first-order valence-corrected chi connectivity index (χ1v) is 10.6. The smallest absolute Gasteiger partial charge is 0.237 e. The maximum Gasteiger partial charge on any atom is 0.237 e. The average Bonchev–Trinajstić information content (AvgIpc) is 3.21. The molecule has 154 valence electrons. The predicted molar refractivity (Wildman–Crippen MR) is 117 cm³/mol. The predicted octanol–water partition coefficient (Wildman–Crippen LogP) is 4.01. The zero-order valence-electron chi connectivity index (χ0n) is 17.0. The number of methoxy groups -OCH3 is 1. The van der Waals surface area contributed by atoms with Crippen LogP contribution in [0.5, 0.6) is 5.75 Å². The molecule has 0 unspecified atom stereocenters. The maximum atomic E-state index is 13.1. The molecule has 0 fully saturated rings. The number of carbonyl (C=O) groups excluding carboxylic acids is 1. The van der Waals surface area contributed by atoms with Gasteiger partial charge in [-0.1, -0.05) is 54.2 Å². The minimum Gasteiger partial charge on any atom is -0.495 e. The highest BCUT2D eigenvalue weighted by atomic mass is 32.2. The molecule has 0 spiro atoms. The standard InChI is InChI=1S/C22H23N5O2S/c1-3-26-21(17-10-5-4-6-11-17)24-25-22(26)30-16-20(28)27(15-9-14-23)18-12-7-8-13-19(18)29-2/h4-8,10-13H,3,9,15-16H2,1-2H3. The minimum absolute atomic E-state index is 0.119. The second kappa shape index (κ2) is 10.5. The van der Waals surface area contributed by atoms with E-state index in [1.165, 1.54) is 11.8 Å². The van der Waals surface area contributed by atoms with Crippen molar-refractivity contribution >= 4 is 23.4 Å². The van der Waals surface area contributed by atoms with Crippen LogP contribution >= 0.6 is 11.8 Å². The molecule has 3 aromatic rings. The lowest BCUT2D eigenvalue weighted by atomic mass is 10.2. The summed E-state index contributed by atoms with van der Waals surface area (Å²) in [6.07, 6.45) is 0.234. The topological polar surface area (TPSA) is 84.0 Å². The van der Waals surface area contributed by atoms with Gasteiger partial charge in [0.1, 0.15) is 5.75 Å². The SMILES string of the molecule is CCn1c(SCC(=O)N(CCC#N)c2ccccc2OC)nnc1-c1ccccc1. The summed E-state index contributed by atoms with van der Waals surface area (Å²) < 4.78 is 7.39. The number of nitrogens with zero attached hydrogens (tertiary/aromatic N) is 5. The third-order valence-corrected chi connectivity index (χ3v) is 5.47. The second-order valence-corrected chi connectivity index (χ2v) is 7.27. The highest BCUT2D eigenvalue weighted by Gasteiger charge is 2.21. The van der Waals surface area contributed by atoms with E-state index in [9.17, 15) is 4.79 Å². The van der Waals surface area contributed by atoms with Crippen molar-refractivity contribution in [2.75, 3.05) is 24.3 Å². The molecule has 1 amide bonds. The molecule has 7 nitrogen and oxygen atoms in total. The number of benzene rings is 2. The quantitative estimate of drug-likeness (QED) is 0.485. The van der Waals surface area contributed by atoms with Gasteiger partial charge in [0.15, 0.2) is 11.0 Å². The van der Waals surface area contributed by atoms with Crippen LogP contribution in [0.25, 0.3) is 11.4 Å². The molecule has 3 rings (SSSR count). The zero-order chi connectivity index (χ0) is 21.3. The fourth-order valence-electron chi connectivity index (χ4n) is 3.08. The molecule has 0 bridgehead atoms. The molecule has 2 aromatic carbocycles. The Balaban J connectivity index is 1.79. The molecule has 0 aliphatic rings. The summed E-state index contributed by atoms with van der Waals surface area (Å²) >= 11 is 1.34. The first-order chi connectivity index (χ1) is 14.7. The van der Waals surface area contributed by atoms with Crippen LogP contribution in [0.2, 0.25) is 0 Å². The van der Waals surface area contributed by atoms with Crippen molar-refractivity contribution in [1.82, 2.24) is 14.8 Å². The Kier molecular flexibility index (Phi) is 7.46. The molecule has 0 aliphatic heterocycles. The minimum atomic E-state index is -0.119. The van der Waals surface area contributed by atoms with Crippen molar-refractivity contribution in [3.05, 3.63) is 54.6 Å². The van der Waals surface area contributed by atoms with E-state index in [0.29, 0.717) is 29.7 Å². The Labute approximate surface area is 180 Å². The molecular weight excluding hydrogens is 398 g/mol. The Morgan fingerprint density at radius 3 is 2.60 bits per heavy atom. The molecule has 8 heteroatoms. The highest BCUT2D eigenvalue weighted by molar-refractivity contribution is 7.99. The summed E-state index contributed by atoms with van der Waals surface area (Å²) in [5, 5.41) is 18.3. The Bertz CT molecular complexity index is 1030. The Morgan fingerprint density at radius 1 is 1.17 bits per heavy atom. The number of para-hydroxylation sites is 2. The zero-order valence-corrected chi connectivity index (χ0v) is 17.8. The van der Waals surface area contributed by atoms with Crippen molar-refractivity contribution in [2.24, 2.45) is 0 Å². The van der Waals surface area contributed by atoms with Gasteiger partial charge in [0, 0.05) is 18.7 Å². The van der Waals surface area contributed by atoms with Gasteiger partial charge in [-0.25, -0.2) is 0 Å².